The van der Waals surface area contributed by atoms with Crippen LogP contribution in [0.3, 0.4) is 0 Å². The van der Waals surface area contributed by atoms with Crippen molar-refractivity contribution in [2.75, 3.05) is 88.8 Å². The standard InChI is InChI=1S/C61H113N11O13/c1-35(2)29-44-57(78)70(20)51(40(11)12)59(80)71(21)52(53(74)41(13)23-24-72-25-27-84-28-26-72)56(77)65-50(43(15)83-22)58(79)66(16)34-49(73)67(17)45(30-36(3)4)55(76)64-48(33-39(9)10)69(19)47(32-38(7)8)62-42(14)60(81)85-61(82)68(18)46(31-37(5)6)54(75)63-44/h35-48,50-53,62,74H,23-34H2,1-22H3,(H,63,75)(H,64,76)(H,65,77)/t41-,42-,43-,44-,45+,46-,47-,48+,50?,51?,52?,53-/m1/s1. The van der Waals surface area contributed by atoms with Crippen molar-refractivity contribution < 1.29 is 62.5 Å². The zero-order chi connectivity index (χ0) is 65.1. The molecule has 2 aliphatic rings. The molecule has 0 aromatic carbocycles. The molecule has 2 rings (SSSR count). The van der Waals surface area contributed by atoms with Crippen molar-refractivity contribution >= 4 is 53.4 Å². The molecule has 2 heterocycles. The molecular formula is C61H113N11O13. The topological polar surface area (TPSA) is 272 Å². The number of carbonyl (C=O) groups excluding carboxylic acids is 9. The number of hydrogen-bond donors (Lipinski definition) is 5. The first-order valence-corrected chi connectivity index (χ1v) is 30.9. The van der Waals surface area contributed by atoms with Gasteiger partial charge in [-0.3, -0.25) is 53.6 Å². The third kappa shape index (κ3) is 23.2. The summed E-state index contributed by atoms with van der Waals surface area (Å²) in [5, 5.41) is 24.6. The Kier molecular flexibility index (Phi) is 32.0. The van der Waals surface area contributed by atoms with Crippen LogP contribution < -0.4 is 21.3 Å². The molecule has 0 spiro atoms. The van der Waals surface area contributed by atoms with E-state index >= 15 is 9.59 Å². The quantitative estimate of drug-likeness (QED) is 0.0974. The minimum Gasteiger partial charge on any atom is -0.390 e. The number of methoxy groups -OCH3 is 1. The molecule has 24 nitrogen and oxygen atoms in total. The maximum absolute atomic E-state index is 15.3. The van der Waals surface area contributed by atoms with Crippen LogP contribution in [0.5, 0.6) is 0 Å². The van der Waals surface area contributed by atoms with Crippen LogP contribution in [0, 0.1) is 41.4 Å². The lowest BCUT2D eigenvalue weighted by Crippen LogP contribution is -2.64. The number of aliphatic hydroxyl groups is 1. The van der Waals surface area contributed by atoms with Gasteiger partial charge in [-0.15, -0.1) is 0 Å². The normalized spacial score (nSPS) is 27.3. The van der Waals surface area contributed by atoms with Crippen LogP contribution in [0.15, 0.2) is 0 Å². The second-order valence-corrected chi connectivity index (χ2v) is 26.5. The molecule has 12 atom stereocenters. The van der Waals surface area contributed by atoms with E-state index in [1.165, 1.54) is 52.1 Å². The highest BCUT2D eigenvalue weighted by Gasteiger charge is 2.45. The molecule has 0 radical (unpaired) electrons. The summed E-state index contributed by atoms with van der Waals surface area (Å²) in [6.45, 7) is 30.1. The first kappa shape index (κ1) is 76.1. The Morgan fingerprint density at radius 2 is 1.07 bits per heavy atom. The van der Waals surface area contributed by atoms with Crippen molar-refractivity contribution in [2.24, 2.45) is 41.4 Å². The molecule has 0 aromatic rings. The first-order valence-electron chi connectivity index (χ1n) is 30.9. The fraction of sp³-hybridized carbons (Fsp3) is 0.852. The molecule has 24 heteroatoms. The Hall–Kier alpha value is -5.01. The molecule has 85 heavy (non-hydrogen) atoms. The number of hydrogen-bond acceptors (Lipinski definition) is 16. The van der Waals surface area contributed by atoms with Gasteiger partial charge in [0.15, 0.2) is 0 Å². The van der Waals surface area contributed by atoms with Crippen LogP contribution in [-0.2, 0) is 52.6 Å². The van der Waals surface area contributed by atoms with Gasteiger partial charge in [0.2, 0.25) is 41.4 Å². The molecule has 490 valence electrons. The Morgan fingerprint density at radius 3 is 1.58 bits per heavy atom. The molecule has 5 N–H and O–H groups in total. The zero-order valence-electron chi connectivity index (χ0n) is 55.9. The molecule has 0 saturated carbocycles. The maximum Gasteiger partial charge on any atom is 0.417 e. The highest BCUT2D eigenvalue weighted by Crippen LogP contribution is 2.25. The Bertz CT molecular complexity index is 2180. The van der Waals surface area contributed by atoms with Crippen molar-refractivity contribution in [2.45, 2.75) is 209 Å². The summed E-state index contributed by atoms with van der Waals surface area (Å²) in [7, 11) is 10.2. The smallest absolute Gasteiger partial charge is 0.390 e. The van der Waals surface area contributed by atoms with E-state index in [0.717, 1.165) is 14.7 Å². The third-order valence-electron chi connectivity index (χ3n) is 16.3. The van der Waals surface area contributed by atoms with Gasteiger partial charge in [-0.25, -0.2) is 9.59 Å². The molecule has 0 aromatic heterocycles. The van der Waals surface area contributed by atoms with E-state index in [4.69, 9.17) is 14.2 Å². The van der Waals surface area contributed by atoms with Crippen molar-refractivity contribution in [1.29, 1.82) is 0 Å². The van der Waals surface area contributed by atoms with Crippen LogP contribution in [0.1, 0.15) is 142 Å². The van der Waals surface area contributed by atoms with Crippen LogP contribution in [0.2, 0.25) is 0 Å². The maximum atomic E-state index is 15.3. The highest BCUT2D eigenvalue weighted by molar-refractivity contribution is 5.98. The van der Waals surface area contributed by atoms with Gasteiger partial charge in [-0.1, -0.05) is 90.0 Å². The molecule has 2 fully saturated rings. The number of morpholine rings is 1. The summed E-state index contributed by atoms with van der Waals surface area (Å²) in [6.07, 6.45) is -2.97. The summed E-state index contributed by atoms with van der Waals surface area (Å²) in [5.74, 6) is -7.09. The predicted octanol–water partition coefficient (Wildman–Crippen LogP) is 3.19. The van der Waals surface area contributed by atoms with Gasteiger partial charge in [0.1, 0.15) is 42.3 Å². The number of carbonyl (C=O) groups is 9. The average Bonchev–Trinajstić information content (AvgIpc) is 3.05. The number of cyclic esters (lactones) is 2. The summed E-state index contributed by atoms with van der Waals surface area (Å²) < 4.78 is 16.7. The lowest BCUT2D eigenvalue weighted by molar-refractivity contribution is -0.155. The second-order valence-electron chi connectivity index (χ2n) is 26.5. The summed E-state index contributed by atoms with van der Waals surface area (Å²) in [4.78, 5) is 142. The minimum absolute atomic E-state index is 0.0622. The van der Waals surface area contributed by atoms with Crippen LogP contribution >= 0.6 is 0 Å². The lowest BCUT2D eigenvalue weighted by Gasteiger charge is -2.41. The molecule has 2 aliphatic heterocycles. The van der Waals surface area contributed by atoms with Gasteiger partial charge in [-0.05, 0) is 107 Å². The van der Waals surface area contributed by atoms with E-state index in [2.05, 4.69) is 26.2 Å². The van der Waals surface area contributed by atoms with Gasteiger partial charge in [0, 0.05) is 55.4 Å². The van der Waals surface area contributed by atoms with Gasteiger partial charge in [0.25, 0.3) is 0 Å². The molecule has 0 bridgehead atoms. The molecule has 0 aliphatic carbocycles. The van der Waals surface area contributed by atoms with E-state index in [1.807, 2.05) is 81.2 Å². The van der Waals surface area contributed by atoms with E-state index in [0.29, 0.717) is 52.1 Å². The fourth-order valence-corrected chi connectivity index (χ4v) is 11.0. The Labute approximate surface area is 509 Å². The van der Waals surface area contributed by atoms with Crippen molar-refractivity contribution in [1.82, 2.24) is 55.6 Å². The SMILES string of the molecule is CO[C@H](C)C1NC(=O)C([C@H](O)[C@H](C)CCN2CCOCC2)N(C)C(=O)C(C(C)C)N(C)C(=O)[C@@H](CC(C)C)NC(=O)[C@@H](CC(C)C)N(C)C(=O)OC(=O)[C@@H](C)N[C@@H](CC(C)C)N(C)[C@@H](CC(C)C)NC(=O)[C@H](CC(C)C)N(C)C(=O)CN(C)C1=O. The molecule has 3 unspecified atom stereocenters. The number of amides is 8. The van der Waals surface area contributed by atoms with Gasteiger partial charge < -0.3 is 54.9 Å². The molecular weight excluding hydrogens is 1090 g/mol. The monoisotopic (exact) mass is 1210 g/mol. The predicted molar refractivity (Wildman–Crippen MR) is 326 cm³/mol. The number of likely N-dealkylation sites (N-methyl/N-ethyl adjacent to an activating group) is 5. The van der Waals surface area contributed by atoms with Crippen LogP contribution in [-0.4, -0.2) is 248 Å². The van der Waals surface area contributed by atoms with Crippen molar-refractivity contribution in [3.8, 4) is 0 Å². The number of rotatable bonds is 18. The van der Waals surface area contributed by atoms with Crippen molar-refractivity contribution in [3.05, 3.63) is 0 Å². The summed E-state index contributed by atoms with van der Waals surface area (Å²) in [6, 6.07) is -8.90. The fourth-order valence-electron chi connectivity index (χ4n) is 11.0. The van der Waals surface area contributed by atoms with E-state index in [-0.39, 0.29) is 48.9 Å². The van der Waals surface area contributed by atoms with E-state index in [9.17, 15) is 38.7 Å². The molecule has 8 amide bonds. The lowest BCUT2D eigenvalue weighted by atomic mass is 9.91. The highest BCUT2D eigenvalue weighted by atomic mass is 16.6. The second kappa shape index (κ2) is 35.7. The Morgan fingerprint density at radius 1 is 0.576 bits per heavy atom. The molecule has 2 saturated heterocycles. The number of aliphatic hydroxyl groups excluding tert-OH is 1. The Balaban J connectivity index is 2.98. The first-order chi connectivity index (χ1) is 39.5. The van der Waals surface area contributed by atoms with Crippen LogP contribution in [0.25, 0.3) is 0 Å². The third-order valence-corrected chi connectivity index (χ3v) is 16.3. The van der Waals surface area contributed by atoms with Gasteiger partial charge >= 0.3 is 12.1 Å². The van der Waals surface area contributed by atoms with E-state index < -0.39 is 139 Å². The number of esters is 1. The van der Waals surface area contributed by atoms with Gasteiger partial charge in [-0.2, -0.15) is 0 Å². The zero-order valence-corrected chi connectivity index (χ0v) is 55.9. The van der Waals surface area contributed by atoms with Crippen molar-refractivity contribution in [3.63, 3.8) is 0 Å². The van der Waals surface area contributed by atoms with Crippen LogP contribution in [0.4, 0.5) is 4.79 Å². The largest absolute Gasteiger partial charge is 0.417 e. The van der Waals surface area contributed by atoms with Gasteiger partial charge in [0.05, 0.1) is 44.3 Å². The minimum atomic E-state index is -1.65. The average molecular weight is 1210 g/mol. The number of nitrogens with zero attached hydrogens (tertiary/aromatic N) is 7. The summed E-state index contributed by atoms with van der Waals surface area (Å²) in [5.41, 5.74) is 0. The number of nitrogens with one attached hydrogen (secondary N) is 4. The number of ether oxygens (including phenoxy) is 3. The van der Waals surface area contributed by atoms with E-state index in [1.54, 1.807) is 34.6 Å². The summed E-state index contributed by atoms with van der Waals surface area (Å²) >= 11 is 0.